The predicted octanol–water partition coefficient (Wildman–Crippen LogP) is 4.10. The molecule has 1 N–H and O–H groups in total. The van der Waals surface area contributed by atoms with Crippen LogP contribution in [0.5, 0.6) is 0 Å². The van der Waals surface area contributed by atoms with Crippen LogP contribution in [0.3, 0.4) is 0 Å². The summed E-state index contributed by atoms with van der Waals surface area (Å²) in [5, 5.41) is 2.90. The summed E-state index contributed by atoms with van der Waals surface area (Å²) in [5.41, 5.74) is 1.24. The molecule has 0 aliphatic carbocycles. The molecule has 35 heavy (non-hydrogen) atoms. The molecule has 2 aromatic rings. The zero-order valence-corrected chi connectivity index (χ0v) is 21.6. The molecule has 0 aromatic heterocycles. The fourth-order valence-corrected chi connectivity index (χ4v) is 4.78. The summed E-state index contributed by atoms with van der Waals surface area (Å²) in [4.78, 5) is 27.7. The van der Waals surface area contributed by atoms with Crippen molar-refractivity contribution >= 4 is 27.5 Å². The summed E-state index contributed by atoms with van der Waals surface area (Å²) in [5.74, 6) is -0.857. The van der Waals surface area contributed by atoms with E-state index in [1.807, 2.05) is 13.8 Å². The molecule has 0 unspecified atom stereocenters. The average Bonchev–Trinajstić information content (AvgIpc) is 2.82. The molecule has 0 spiro atoms. The molecule has 2 rings (SSSR count). The molecule has 0 fully saturated rings. The normalized spacial score (nSPS) is 12.1. The van der Waals surface area contributed by atoms with E-state index in [1.165, 1.54) is 21.3 Å². The van der Waals surface area contributed by atoms with E-state index in [9.17, 15) is 22.4 Å². The van der Waals surface area contributed by atoms with Crippen LogP contribution in [0.25, 0.3) is 0 Å². The van der Waals surface area contributed by atoms with Gasteiger partial charge in [-0.3, -0.25) is 13.9 Å². The Balaban J connectivity index is 2.16. The Hall–Kier alpha value is -2.94. The maximum Gasteiger partial charge on any atom is 0.242 e. The van der Waals surface area contributed by atoms with Gasteiger partial charge in [0.1, 0.15) is 11.9 Å². The number of rotatable bonds is 14. The lowest BCUT2D eigenvalue weighted by Gasteiger charge is -2.31. The van der Waals surface area contributed by atoms with E-state index in [4.69, 9.17) is 0 Å². The number of sulfonamides is 1. The van der Waals surface area contributed by atoms with Gasteiger partial charge < -0.3 is 10.2 Å². The van der Waals surface area contributed by atoms with E-state index < -0.39 is 16.1 Å². The van der Waals surface area contributed by atoms with Crippen molar-refractivity contribution < 1.29 is 22.4 Å². The molecule has 0 bridgehead atoms. The first kappa shape index (κ1) is 28.3. The largest absolute Gasteiger partial charge is 0.354 e. The predicted molar refractivity (Wildman–Crippen MR) is 137 cm³/mol. The zero-order valence-electron chi connectivity index (χ0n) is 20.7. The van der Waals surface area contributed by atoms with Crippen molar-refractivity contribution in [3.05, 3.63) is 66.0 Å². The number of nitrogens with zero attached hydrogens (tertiary/aromatic N) is 2. The summed E-state index contributed by atoms with van der Waals surface area (Å²) in [6, 6.07) is 13.9. The van der Waals surface area contributed by atoms with Crippen molar-refractivity contribution in [2.24, 2.45) is 0 Å². The Morgan fingerprint density at radius 2 is 1.66 bits per heavy atom. The number of amides is 2. The van der Waals surface area contributed by atoms with Crippen molar-refractivity contribution in [3.8, 4) is 0 Å². The zero-order chi connectivity index (χ0) is 25.8. The van der Waals surface area contributed by atoms with Crippen LogP contribution in [-0.2, 0) is 26.2 Å². The maximum absolute atomic E-state index is 13.4. The SMILES string of the molecule is CCCCNC(=O)[C@@H](CC)N(Cc1ccc(F)cc1)C(=O)CCCN(c1ccccc1)S(C)(=O)=O. The van der Waals surface area contributed by atoms with Crippen molar-refractivity contribution in [3.63, 3.8) is 0 Å². The molecule has 9 heteroatoms. The van der Waals surface area contributed by atoms with Gasteiger partial charge in [-0.25, -0.2) is 12.8 Å². The summed E-state index contributed by atoms with van der Waals surface area (Å²) in [6.07, 6.45) is 3.69. The van der Waals surface area contributed by atoms with Gasteiger partial charge in [-0.2, -0.15) is 0 Å². The number of halogens is 1. The first-order valence-corrected chi connectivity index (χ1v) is 13.9. The van der Waals surface area contributed by atoms with Crippen LogP contribution in [0.4, 0.5) is 10.1 Å². The molecule has 0 aliphatic heterocycles. The smallest absolute Gasteiger partial charge is 0.242 e. The molecule has 0 radical (unpaired) electrons. The maximum atomic E-state index is 13.4. The summed E-state index contributed by atoms with van der Waals surface area (Å²) in [7, 11) is -3.53. The van der Waals surface area contributed by atoms with Crippen LogP contribution in [0.15, 0.2) is 54.6 Å². The molecule has 7 nitrogen and oxygen atoms in total. The lowest BCUT2D eigenvalue weighted by atomic mass is 10.1. The Morgan fingerprint density at radius 3 is 2.23 bits per heavy atom. The second-order valence-electron chi connectivity index (χ2n) is 8.49. The molecule has 0 saturated heterocycles. The van der Waals surface area contributed by atoms with Crippen molar-refractivity contribution in [2.45, 2.75) is 58.5 Å². The molecule has 0 saturated carbocycles. The van der Waals surface area contributed by atoms with Crippen LogP contribution in [-0.4, -0.2) is 50.5 Å². The number of benzene rings is 2. The minimum Gasteiger partial charge on any atom is -0.354 e. The number of para-hydroxylation sites is 1. The Bertz CT molecular complexity index is 1050. The van der Waals surface area contributed by atoms with Crippen molar-refractivity contribution in [1.82, 2.24) is 10.2 Å². The van der Waals surface area contributed by atoms with Gasteiger partial charge in [0.2, 0.25) is 21.8 Å². The standard InChI is InChI=1S/C26H36FN3O4S/c1-4-6-18-28-26(32)24(5-2)29(20-21-14-16-22(27)17-15-21)25(31)13-10-19-30(35(3,33)34)23-11-8-7-9-12-23/h7-9,11-12,14-17,24H,4-6,10,13,18-20H2,1-3H3,(H,28,32)/t24-/m1/s1. The van der Waals surface area contributed by atoms with Gasteiger partial charge in [0.15, 0.2) is 0 Å². The van der Waals surface area contributed by atoms with E-state index in [0.717, 1.165) is 19.1 Å². The van der Waals surface area contributed by atoms with E-state index in [0.29, 0.717) is 24.2 Å². The lowest BCUT2D eigenvalue weighted by Crippen LogP contribution is -2.49. The summed E-state index contributed by atoms with van der Waals surface area (Å²) in [6.45, 7) is 4.70. The van der Waals surface area contributed by atoms with Crippen LogP contribution in [0.1, 0.15) is 51.5 Å². The van der Waals surface area contributed by atoms with Crippen LogP contribution in [0, 0.1) is 5.82 Å². The van der Waals surface area contributed by atoms with Gasteiger partial charge in [-0.05, 0) is 49.1 Å². The van der Waals surface area contributed by atoms with Gasteiger partial charge >= 0.3 is 0 Å². The average molecular weight is 506 g/mol. The second-order valence-corrected chi connectivity index (χ2v) is 10.4. The number of carbonyl (C=O) groups excluding carboxylic acids is 2. The number of anilines is 1. The molecule has 192 valence electrons. The number of unbranched alkanes of at least 4 members (excludes halogenated alkanes) is 1. The van der Waals surface area contributed by atoms with Gasteiger partial charge in [0.25, 0.3) is 0 Å². The fraction of sp³-hybridized carbons (Fsp3) is 0.462. The molecule has 0 heterocycles. The minimum absolute atomic E-state index is 0.0682. The highest BCUT2D eigenvalue weighted by Gasteiger charge is 2.28. The van der Waals surface area contributed by atoms with E-state index >= 15 is 0 Å². The first-order chi connectivity index (χ1) is 16.7. The van der Waals surface area contributed by atoms with Gasteiger partial charge in [0, 0.05) is 26.1 Å². The first-order valence-electron chi connectivity index (χ1n) is 12.0. The Morgan fingerprint density at radius 1 is 1.00 bits per heavy atom. The van der Waals surface area contributed by atoms with Crippen LogP contribution in [0.2, 0.25) is 0 Å². The molecule has 2 amide bonds. The highest BCUT2D eigenvalue weighted by Crippen LogP contribution is 2.19. The molecule has 0 aliphatic rings. The topological polar surface area (TPSA) is 86.8 Å². The van der Waals surface area contributed by atoms with E-state index in [-0.39, 0.29) is 43.6 Å². The third-order valence-electron chi connectivity index (χ3n) is 5.68. The number of carbonyl (C=O) groups is 2. The van der Waals surface area contributed by atoms with E-state index in [2.05, 4.69) is 5.32 Å². The fourth-order valence-electron chi connectivity index (χ4n) is 3.81. The van der Waals surface area contributed by atoms with Crippen molar-refractivity contribution in [1.29, 1.82) is 0 Å². The third-order valence-corrected chi connectivity index (χ3v) is 6.87. The van der Waals surface area contributed by atoms with Gasteiger partial charge in [-0.1, -0.05) is 50.6 Å². The quantitative estimate of drug-likeness (QED) is 0.392. The number of nitrogens with one attached hydrogen (secondary N) is 1. The van der Waals surface area contributed by atoms with Gasteiger partial charge in [0.05, 0.1) is 11.9 Å². The van der Waals surface area contributed by atoms with E-state index in [1.54, 1.807) is 42.5 Å². The minimum atomic E-state index is -3.53. The monoisotopic (exact) mass is 505 g/mol. The lowest BCUT2D eigenvalue weighted by molar-refractivity contribution is -0.141. The highest BCUT2D eigenvalue weighted by atomic mass is 32.2. The molecular weight excluding hydrogens is 469 g/mol. The summed E-state index contributed by atoms with van der Waals surface area (Å²) >= 11 is 0. The van der Waals surface area contributed by atoms with Crippen molar-refractivity contribution in [2.75, 3.05) is 23.7 Å². The van der Waals surface area contributed by atoms with Crippen LogP contribution < -0.4 is 9.62 Å². The molecule has 2 aromatic carbocycles. The second kappa shape index (κ2) is 13.8. The number of hydrogen-bond donors (Lipinski definition) is 1. The molecular formula is C26H36FN3O4S. The summed E-state index contributed by atoms with van der Waals surface area (Å²) < 4.78 is 39.3. The van der Waals surface area contributed by atoms with Crippen LogP contribution >= 0.6 is 0 Å². The Kier molecular flexibility index (Phi) is 11.2. The molecule has 1 atom stereocenters. The third kappa shape index (κ3) is 8.98. The highest BCUT2D eigenvalue weighted by molar-refractivity contribution is 7.92. The Labute approximate surface area is 208 Å². The number of hydrogen-bond acceptors (Lipinski definition) is 4. The van der Waals surface area contributed by atoms with Gasteiger partial charge in [-0.15, -0.1) is 0 Å².